The molecule has 1 aliphatic heterocycles. The van der Waals surface area contributed by atoms with Crippen molar-refractivity contribution in [3.63, 3.8) is 0 Å². The molecule has 1 unspecified atom stereocenters. The van der Waals surface area contributed by atoms with Crippen LogP contribution >= 0.6 is 0 Å². The van der Waals surface area contributed by atoms with E-state index in [-0.39, 0.29) is 6.10 Å². The van der Waals surface area contributed by atoms with Crippen LogP contribution in [0.1, 0.15) is 48.4 Å². The number of fused-ring (bicyclic) bond motifs is 7. The summed E-state index contributed by atoms with van der Waals surface area (Å²) in [4.78, 5) is 4.46. The third-order valence-electron chi connectivity index (χ3n) is 6.56. The molecule has 174 valence electrons. The Morgan fingerprint density at radius 2 is 2.06 bits per heavy atom. The number of hydrogen-bond acceptors (Lipinski definition) is 7. The Balaban J connectivity index is 1.60. The van der Waals surface area contributed by atoms with Crippen LogP contribution in [0.25, 0.3) is 16.9 Å². The highest BCUT2D eigenvalue weighted by atomic mass is 16.5. The second kappa shape index (κ2) is 7.86. The van der Waals surface area contributed by atoms with Gasteiger partial charge in [0.15, 0.2) is 11.6 Å². The van der Waals surface area contributed by atoms with Gasteiger partial charge >= 0.3 is 0 Å². The van der Waals surface area contributed by atoms with Crippen LogP contribution in [0, 0.1) is 12.8 Å². The maximum Gasteiger partial charge on any atom is 0.233 e. The Hall–Kier alpha value is -3.88. The molecule has 1 saturated carbocycles. The fourth-order valence-electron chi connectivity index (χ4n) is 4.58. The number of nitrogen functional groups attached to an aromatic ring is 1. The highest BCUT2D eigenvalue weighted by Gasteiger charge is 2.28. The number of aromatic nitrogens is 6. The van der Waals surface area contributed by atoms with Gasteiger partial charge in [-0.15, -0.1) is 10.2 Å². The van der Waals surface area contributed by atoms with Gasteiger partial charge in [0.2, 0.25) is 5.88 Å². The number of nitrogens with zero attached hydrogens (tertiary/aromatic N) is 6. The van der Waals surface area contributed by atoms with Gasteiger partial charge in [-0.1, -0.05) is 22.9 Å². The van der Waals surface area contributed by atoms with Crippen molar-refractivity contribution in [2.45, 2.75) is 45.8 Å². The molecule has 4 heterocycles. The number of hydrogen-bond donors (Lipinski definition) is 1. The quantitative estimate of drug-likeness (QED) is 0.498. The van der Waals surface area contributed by atoms with Gasteiger partial charge in [-0.2, -0.15) is 0 Å². The molecule has 4 aromatic rings. The standard InChI is InChI=1S/C25H27N7O2/c1-14-4-7-21-19(8-14)15(2)34-22-9-17(12-27-25(22)26)24-20(28-30-31(24)13-16-5-6-16)10-18-11-23(33-3)29-32(18)21/h4,7-9,11-12,15-16H,5-6,10,13H2,1-3H3,(H2,26,27). The molecule has 2 aliphatic rings. The lowest BCUT2D eigenvalue weighted by atomic mass is 10.0. The predicted molar refractivity (Wildman–Crippen MR) is 127 cm³/mol. The minimum absolute atomic E-state index is 0.286. The zero-order chi connectivity index (χ0) is 23.4. The minimum Gasteiger partial charge on any atom is -0.482 e. The maximum atomic E-state index is 6.40. The van der Waals surface area contributed by atoms with E-state index in [4.69, 9.17) is 20.3 Å². The molecule has 9 nitrogen and oxygen atoms in total. The van der Waals surface area contributed by atoms with E-state index in [1.54, 1.807) is 13.3 Å². The van der Waals surface area contributed by atoms with E-state index in [2.05, 4.69) is 40.4 Å². The van der Waals surface area contributed by atoms with Crippen LogP contribution in [0.3, 0.4) is 0 Å². The van der Waals surface area contributed by atoms with E-state index in [1.807, 2.05) is 28.4 Å². The molecule has 0 amide bonds. The van der Waals surface area contributed by atoms with Crippen LogP contribution in [-0.4, -0.2) is 36.9 Å². The van der Waals surface area contributed by atoms with Gasteiger partial charge in [-0.25, -0.2) is 14.3 Å². The molecular formula is C25H27N7O2. The smallest absolute Gasteiger partial charge is 0.233 e. The fraction of sp³-hybridized carbons (Fsp3) is 0.360. The minimum atomic E-state index is -0.286. The summed E-state index contributed by atoms with van der Waals surface area (Å²) in [5.74, 6) is 2.08. The predicted octanol–water partition coefficient (Wildman–Crippen LogP) is 3.88. The number of ether oxygens (including phenoxy) is 2. The van der Waals surface area contributed by atoms with E-state index in [9.17, 15) is 0 Å². The topological polar surface area (TPSA) is 106 Å². The van der Waals surface area contributed by atoms with Crippen molar-refractivity contribution in [1.82, 2.24) is 29.8 Å². The van der Waals surface area contributed by atoms with E-state index in [1.165, 1.54) is 12.8 Å². The second-order valence-electron chi connectivity index (χ2n) is 9.21. The summed E-state index contributed by atoms with van der Waals surface area (Å²) in [5, 5.41) is 13.8. The summed E-state index contributed by atoms with van der Waals surface area (Å²) >= 11 is 0. The Kier molecular flexibility index (Phi) is 4.79. The number of rotatable bonds is 3. The summed E-state index contributed by atoms with van der Waals surface area (Å²) in [6, 6.07) is 10.2. The fourth-order valence-corrected chi connectivity index (χ4v) is 4.58. The summed E-state index contributed by atoms with van der Waals surface area (Å²) < 4.78 is 15.8. The summed E-state index contributed by atoms with van der Waals surface area (Å²) in [6.07, 6.45) is 4.48. The lowest BCUT2D eigenvalue weighted by Crippen LogP contribution is -2.14. The number of benzene rings is 1. The first-order chi connectivity index (χ1) is 16.5. The molecule has 1 atom stereocenters. The molecule has 0 saturated heterocycles. The van der Waals surface area contributed by atoms with Crippen molar-refractivity contribution in [2.75, 3.05) is 12.8 Å². The molecule has 9 heteroatoms. The summed E-state index contributed by atoms with van der Waals surface area (Å²) in [5.41, 5.74) is 12.9. The van der Waals surface area contributed by atoms with Crippen molar-refractivity contribution in [3.05, 3.63) is 59.0 Å². The molecule has 34 heavy (non-hydrogen) atoms. The molecule has 6 rings (SSSR count). The third kappa shape index (κ3) is 3.57. The lowest BCUT2D eigenvalue weighted by Gasteiger charge is -2.22. The first kappa shape index (κ1) is 20.7. The van der Waals surface area contributed by atoms with E-state index < -0.39 is 0 Å². The van der Waals surface area contributed by atoms with Crippen molar-refractivity contribution in [2.24, 2.45) is 5.92 Å². The Morgan fingerprint density at radius 1 is 1.21 bits per heavy atom. The van der Waals surface area contributed by atoms with Crippen LogP contribution in [-0.2, 0) is 13.0 Å². The van der Waals surface area contributed by atoms with Crippen molar-refractivity contribution < 1.29 is 9.47 Å². The van der Waals surface area contributed by atoms with Gasteiger partial charge in [0.05, 0.1) is 29.9 Å². The normalized spacial score (nSPS) is 17.0. The summed E-state index contributed by atoms with van der Waals surface area (Å²) in [6.45, 7) is 4.92. The number of aryl methyl sites for hydroxylation is 1. The summed E-state index contributed by atoms with van der Waals surface area (Å²) in [7, 11) is 1.63. The number of methoxy groups -OCH3 is 1. The van der Waals surface area contributed by atoms with Gasteiger partial charge in [0, 0.05) is 36.4 Å². The monoisotopic (exact) mass is 457 g/mol. The first-order valence-corrected chi connectivity index (χ1v) is 11.6. The molecule has 1 aromatic carbocycles. The van der Waals surface area contributed by atoms with E-state index in [0.717, 1.165) is 46.0 Å². The van der Waals surface area contributed by atoms with Crippen molar-refractivity contribution in [3.8, 4) is 28.6 Å². The van der Waals surface area contributed by atoms with Gasteiger partial charge < -0.3 is 15.2 Å². The molecule has 1 fully saturated rings. The van der Waals surface area contributed by atoms with Gasteiger partial charge in [-0.3, -0.25) is 0 Å². The Morgan fingerprint density at radius 3 is 2.85 bits per heavy atom. The van der Waals surface area contributed by atoms with Gasteiger partial charge in [0.1, 0.15) is 6.10 Å². The highest BCUT2D eigenvalue weighted by Crippen LogP contribution is 2.37. The van der Waals surface area contributed by atoms with Gasteiger partial charge in [-0.05, 0) is 44.7 Å². The van der Waals surface area contributed by atoms with Crippen LogP contribution in [0.2, 0.25) is 0 Å². The van der Waals surface area contributed by atoms with Crippen molar-refractivity contribution in [1.29, 1.82) is 0 Å². The van der Waals surface area contributed by atoms with Crippen LogP contribution in [0.4, 0.5) is 5.82 Å². The molecule has 2 N–H and O–H groups in total. The zero-order valence-electron chi connectivity index (χ0n) is 19.5. The molecule has 0 spiro atoms. The average molecular weight is 458 g/mol. The van der Waals surface area contributed by atoms with E-state index in [0.29, 0.717) is 29.8 Å². The molecular weight excluding hydrogens is 430 g/mol. The lowest BCUT2D eigenvalue weighted by molar-refractivity contribution is 0.227. The van der Waals surface area contributed by atoms with E-state index >= 15 is 0 Å². The Bertz CT molecular complexity index is 1390. The zero-order valence-corrected chi connectivity index (χ0v) is 19.5. The maximum absolute atomic E-state index is 6.40. The third-order valence-corrected chi connectivity index (χ3v) is 6.56. The molecule has 0 radical (unpaired) electrons. The second-order valence-corrected chi connectivity index (χ2v) is 9.21. The molecule has 3 aromatic heterocycles. The largest absolute Gasteiger partial charge is 0.482 e. The molecule has 2 bridgehead atoms. The average Bonchev–Trinajstić information content (AvgIpc) is 3.42. The van der Waals surface area contributed by atoms with Crippen LogP contribution in [0.5, 0.6) is 11.6 Å². The number of anilines is 1. The highest BCUT2D eigenvalue weighted by molar-refractivity contribution is 5.67. The van der Waals surface area contributed by atoms with Crippen LogP contribution < -0.4 is 15.2 Å². The first-order valence-electron chi connectivity index (χ1n) is 11.6. The number of nitrogens with two attached hydrogens (primary N) is 1. The van der Waals surface area contributed by atoms with Crippen molar-refractivity contribution >= 4 is 5.82 Å². The van der Waals surface area contributed by atoms with Gasteiger partial charge in [0.25, 0.3) is 0 Å². The Labute approximate surface area is 197 Å². The SMILES string of the molecule is COc1cc2n(n1)-c1ccc(C)cc1C(C)Oc1cc(cnc1N)-c1c(nnn1CC1CC1)C2. The molecule has 1 aliphatic carbocycles. The number of pyridine rings is 1. The van der Waals surface area contributed by atoms with Crippen LogP contribution in [0.15, 0.2) is 36.5 Å².